The number of aromatic nitrogens is 2. The number of hydrogen-bond acceptors (Lipinski definition) is 9. The van der Waals surface area contributed by atoms with Crippen molar-refractivity contribution in [1.82, 2.24) is 9.55 Å². The average Bonchev–Trinajstić information content (AvgIpc) is 2.81. The van der Waals surface area contributed by atoms with Gasteiger partial charge in [0.15, 0.2) is 6.61 Å². The Balaban J connectivity index is 2.35. The van der Waals surface area contributed by atoms with Gasteiger partial charge in [-0.3, -0.25) is 23.9 Å². The van der Waals surface area contributed by atoms with E-state index in [4.69, 9.17) is 15.2 Å². The first kappa shape index (κ1) is 20.7. The first-order valence-corrected chi connectivity index (χ1v) is 7.89. The molecule has 0 unspecified atom stereocenters. The minimum absolute atomic E-state index is 0.314. The fourth-order valence-electron chi connectivity index (χ4n) is 2.50. The van der Waals surface area contributed by atoms with Crippen LogP contribution in [0.25, 0.3) is 0 Å². The molecule has 27 heavy (non-hydrogen) atoms. The zero-order chi connectivity index (χ0) is 20.6. The molecule has 0 radical (unpaired) electrons. The van der Waals surface area contributed by atoms with Gasteiger partial charge in [-0.1, -0.05) is 13.8 Å². The van der Waals surface area contributed by atoms with Crippen molar-refractivity contribution >= 4 is 5.97 Å². The largest absolute Gasteiger partial charge is 0.458 e. The lowest BCUT2D eigenvalue weighted by Crippen LogP contribution is -2.50. The number of hydrogen-bond donors (Lipinski definition) is 4. The summed E-state index contributed by atoms with van der Waals surface area (Å²) in [6.45, 7) is 2.07. The maximum absolute atomic E-state index is 15.1. The van der Waals surface area contributed by atoms with Crippen molar-refractivity contribution in [2.75, 3.05) is 6.61 Å². The molecule has 1 aliphatic heterocycles. The first-order chi connectivity index (χ1) is 12.5. The Morgan fingerprint density at radius 1 is 1.52 bits per heavy atom. The number of carbonyl (C=O) groups is 1. The third-order valence-corrected chi connectivity index (χ3v) is 4.21. The summed E-state index contributed by atoms with van der Waals surface area (Å²) in [7, 11) is 0. The lowest BCUT2D eigenvalue weighted by molar-refractivity contribution is -0.234. The van der Waals surface area contributed by atoms with Gasteiger partial charge in [0.1, 0.15) is 24.3 Å². The Hall–Kier alpha value is -2.59. The topological polar surface area (TPSA) is 181 Å². The normalized spacial score (nSPS) is 31.5. The van der Waals surface area contributed by atoms with Crippen LogP contribution in [0.5, 0.6) is 0 Å². The van der Waals surface area contributed by atoms with E-state index in [1.54, 1.807) is 13.8 Å². The van der Waals surface area contributed by atoms with Gasteiger partial charge in [0, 0.05) is 12.3 Å². The van der Waals surface area contributed by atoms with Crippen molar-refractivity contribution in [2.45, 2.75) is 43.7 Å². The van der Waals surface area contributed by atoms with Crippen LogP contribution in [0.1, 0.15) is 13.8 Å². The van der Waals surface area contributed by atoms with Gasteiger partial charge in [-0.25, -0.2) is 9.18 Å². The Kier molecular flexibility index (Phi) is 5.52. The highest BCUT2D eigenvalue weighted by atomic mass is 19.2. The number of nitriles is 1. The van der Waals surface area contributed by atoms with E-state index in [1.807, 2.05) is 4.98 Å². The number of halogens is 1. The smallest absolute Gasteiger partial charge is 0.331 e. The molecule has 0 bridgehead atoms. The zero-order valence-corrected chi connectivity index (χ0v) is 14.5. The van der Waals surface area contributed by atoms with E-state index in [-0.39, 0.29) is 5.92 Å². The fourth-order valence-corrected chi connectivity index (χ4v) is 2.50. The number of alkyl halides is 1. The minimum atomic E-state index is -3.21. The van der Waals surface area contributed by atoms with Crippen LogP contribution in [0.15, 0.2) is 21.9 Å². The Bertz CT molecular complexity index is 878. The lowest BCUT2D eigenvalue weighted by atomic mass is 10.0. The second-order valence-corrected chi connectivity index (χ2v) is 6.44. The van der Waals surface area contributed by atoms with Crippen molar-refractivity contribution in [1.29, 1.82) is 5.26 Å². The van der Waals surface area contributed by atoms with Crippen molar-refractivity contribution in [3.8, 4) is 6.07 Å². The molecule has 11 nitrogen and oxygen atoms in total. The molecule has 0 aliphatic carbocycles. The zero-order valence-electron chi connectivity index (χ0n) is 14.5. The van der Waals surface area contributed by atoms with Crippen LogP contribution in [-0.2, 0) is 20.0 Å². The fraction of sp³-hybridized carbons (Fsp3) is 0.600. The van der Waals surface area contributed by atoms with Crippen LogP contribution in [0.2, 0.25) is 0 Å². The molecule has 148 valence electrons. The van der Waals surface area contributed by atoms with Gasteiger partial charge in [0.2, 0.25) is 0 Å². The highest BCUT2D eigenvalue weighted by molar-refractivity contribution is 5.75. The SMILES string of the molecule is CC(C)[C@H](N)C(=O)OC[C@@]1(F)O[C@@](C#N)(n2ccc(=O)[nH]c2=O)[C@H](O)[C@@H]1O. The van der Waals surface area contributed by atoms with E-state index in [0.29, 0.717) is 4.57 Å². The van der Waals surface area contributed by atoms with Crippen molar-refractivity contribution in [2.24, 2.45) is 11.7 Å². The molecule has 5 atom stereocenters. The van der Waals surface area contributed by atoms with Crippen LogP contribution in [0, 0.1) is 17.2 Å². The summed E-state index contributed by atoms with van der Waals surface area (Å²) in [5.74, 6) is -4.51. The number of H-pyrrole nitrogens is 1. The summed E-state index contributed by atoms with van der Waals surface area (Å²) in [4.78, 5) is 36.7. The van der Waals surface area contributed by atoms with Crippen LogP contribution in [0.3, 0.4) is 0 Å². The number of ether oxygens (including phenoxy) is 2. The molecule has 12 heteroatoms. The highest BCUT2D eigenvalue weighted by Crippen LogP contribution is 2.42. The maximum atomic E-state index is 15.1. The average molecular weight is 386 g/mol. The van der Waals surface area contributed by atoms with E-state index >= 15 is 4.39 Å². The monoisotopic (exact) mass is 386 g/mol. The number of rotatable bonds is 5. The molecule has 0 spiro atoms. The molecule has 5 N–H and O–H groups in total. The molecular weight excluding hydrogens is 367 g/mol. The van der Waals surface area contributed by atoms with Gasteiger partial charge in [0.05, 0.1) is 0 Å². The Labute approximate surface area is 151 Å². The van der Waals surface area contributed by atoms with Gasteiger partial charge in [-0.2, -0.15) is 5.26 Å². The van der Waals surface area contributed by atoms with Gasteiger partial charge in [-0.15, -0.1) is 0 Å². The van der Waals surface area contributed by atoms with E-state index in [2.05, 4.69) is 0 Å². The van der Waals surface area contributed by atoms with Gasteiger partial charge in [0.25, 0.3) is 17.1 Å². The number of aliphatic hydroxyl groups is 2. The standard InChI is InChI=1S/C15H19FN4O7/c1-7(2)9(18)12(24)26-6-14(16)10(22)11(23)15(5-17,27-14)20-4-3-8(21)19-13(20)25/h3-4,7,9-11,22-23H,6,18H2,1-2H3,(H,19,21,25)/t9-,10-,11+,14+,15+/m0/s1. The second kappa shape index (κ2) is 7.20. The number of nitrogens with zero attached hydrogens (tertiary/aromatic N) is 2. The molecule has 0 saturated carbocycles. The molecule has 0 aromatic carbocycles. The second-order valence-electron chi connectivity index (χ2n) is 6.44. The van der Waals surface area contributed by atoms with Crippen molar-refractivity contribution in [3.63, 3.8) is 0 Å². The van der Waals surface area contributed by atoms with Crippen molar-refractivity contribution in [3.05, 3.63) is 33.1 Å². The summed E-state index contributed by atoms with van der Waals surface area (Å²) < 4.78 is 25.1. The van der Waals surface area contributed by atoms with Gasteiger partial charge in [-0.05, 0) is 5.92 Å². The number of aromatic amines is 1. The molecule has 0 amide bonds. The van der Waals surface area contributed by atoms with E-state index in [9.17, 15) is 29.9 Å². The van der Waals surface area contributed by atoms with Crippen LogP contribution in [0.4, 0.5) is 4.39 Å². The Morgan fingerprint density at radius 3 is 2.67 bits per heavy atom. The van der Waals surface area contributed by atoms with E-state index in [1.165, 1.54) is 6.07 Å². The third kappa shape index (κ3) is 3.50. The minimum Gasteiger partial charge on any atom is -0.458 e. The number of aliphatic hydroxyl groups excluding tert-OH is 2. The molecule has 1 fully saturated rings. The molecule has 2 heterocycles. The predicted molar refractivity (Wildman–Crippen MR) is 85.6 cm³/mol. The molecular formula is C15H19FN4O7. The van der Waals surface area contributed by atoms with Gasteiger partial charge >= 0.3 is 11.7 Å². The van der Waals surface area contributed by atoms with Crippen LogP contribution < -0.4 is 17.0 Å². The molecule has 1 aromatic rings. The number of nitrogens with one attached hydrogen (secondary N) is 1. The van der Waals surface area contributed by atoms with Gasteiger partial charge < -0.3 is 20.7 Å². The molecule has 1 aliphatic rings. The summed E-state index contributed by atoms with van der Waals surface area (Å²) in [6, 6.07) is 1.19. The number of esters is 1. The third-order valence-electron chi connectivity index (χ3n) is 4.21. The molecule has 2 rings (SSSR count). The number of nitrogens with two attached hydrogens (primary N) is 1. The highest BCUT2D eigenvalue weighted by Gasteiger charge is 2.66. The first-order valence-electron chi connectivity index (χ1n) is 7.89. The van der Waals surface area contributed by atoms with Crippen molar-refractivity contribution < 1.29 is 28.9 Å². The predicted octanol–water partition coefficient (Wildman–Crippen LogP) is -2.34. The summed E-state index contributed by atoms with van der Waals surface area (Å²) in [5, 5.41) is 29.7. The van der Waals surface area contributed by atoms with Crippen LogP contribution in [-0.4, -0.2) is 56.4 Å². The molecule has 1 aromatic heterocycles. The Morgan fingerprint density at radius 2 is 2.15 bits per heavy atom. The lowest BCUT2D eigenvalue weighted by Gasteiger charge is -2.27. The summed E-state index contributed by atoms with van der Waals surface area (Å²) >= 11 is 0. The number of carbonyl (C=O) groups excluding carboxylic acids is 1. The quantitative estimate of drug-likeness (QED) is 0.403. The van der Waals surface area contributed by atoms with Crippen LogP contribution >= 0.6 is 0 Å². The summed E-state index contributed by atoms with van der Waals surface area (Å²) in [6.07, 6.45) is -3.79. The molecule has 1 saturated heterocycles. The maximum Gasteiger partial charge on any atom is 0.331 e. The summed E-state index contributed by atoms with van der Waals surface area (Å²) in [5.41, 5.74) is 0.880. The van der Waals surface area contributed by atoms with E-state index < -0.39 is 53.7 Å². The van der Waals surface area contributed by atoms with E-state index in [0.717, 1.165) is 12.3 Å².